The molecule has 0 amide bonds. The molecule has 1 heterocycles. The van der Waals surface area contributed by atoms with Crippen molar-refractivity contribution in [2.24, 2.45) is 17.6 Å². The van der Waals surface area contributed by atoms with Crippen LogP contribution < -0.4 is 5.73 Å². The lowest BCUT2D eigenvalue weighted by Crippen LogP contribution is -2.66. The van der Waals surface area contributed by atoms with E-state index in [1.54, 1.807) is 0 Å². The van der Waals surface area contributed by atoms with Gasteiger partial charge in [0.1, 0.15) is 0 Å². The summed E-state index contributed by atoms with van der Waals surface area (Å²) in [5.74, 6) is 1.68. The molecule has 76 valence electrons. The van der Waals surface area contributed by atoms with Gasteiger partial charge in [-0.05, 0) is 44.2 Å². The molecule has 0 aromatic carbocycles. The number of nitrogens with zero attached hydrogens (tertiary/aromatic N) is 1. The van der Waals surface area contributed by atoms with E-state index in [0.29, 0.717) is 5.54 Å². The van der Waals surface area contributed by atoms with Gasteiger partial charge in [-0.2, -0.15) is 0 Å². The molecule has 0 aromatic rings. The van der Waals surface area contributed by atoms with E-state index >= 15 is 0 Å². The summed E-state index contributed by atoms with van der Waals surface area (Å²) in [6.45, 7) is 8.16. The molecule has 13 heavy (non-hydrogen) atoms. The Hall–Kier alpha value is -0.0800. The third kappa shape index (κ3) is 1.23. The van der Waals surface area contributed by atoms with Gasteiger partial charge in [0.25, 0.3) is 0 Å². The molecule has 2 rings (SSSR count). The molecule has 1 saturated carbocycles. The zero-order valence-electron chi connectivity index (χ0n) is 8.92. The van der Waals surface area contributed by atoms with Gasteiger partial charge >= 0.3 is 0 Å². The van der Waals surface area contributed by atoms with Crippen LogP contribution in [0.1, 0.15) is 33.1 Å². The van der Waals surface area contributed by atoms with Crippen molar-refractivity contribution in [3.63, 3.8) is 0 Å². The van der Waals surface area contributed by atoms with E-state index in [4.69, 9.17) is 5.73 Å². The van der Waals surface area contributed by atoms with E-state index in [1.807, 2.05) is 0 Å². The second kappa shape index (κ2) is 3.25. The molecule has 0 radical (unpaired) electrons. The normalized spacial score (nSPS) is 46.4. The van der Waals surface area contributed by atoms with Crippen LogP contribution in [-0.2, 0) is 0 Å². The van der Waals surface area contributed by atoms with Gasteiger partial charge in [-0.15, -0.1) is 0 Å². The first-order valence-electron chi connectivity index (χ1n) is 5.66. The fourth-order valence-corrected chi connectivity index (χ4v) is 3.27. The molecule has 3 unspecified atom stereocenters. The summed E-state index contributed by atoms with van der Waals surface area (Å²) < 4.78 is 0. The monoisotopic (exact) mass is 182 g/mol. The average Bonchev–Trinajstić information content (AvgIpc) is 2.66. The fraction of sp³-hybridized carbons (Fsp3) is 1.00. The first-order chi connectivity index (χ1) is 6.20. The second-order valence-electron chi connectivity index (χ2n) is 4.97. The minimum absolute atomic E-state index is 0.385. The maximum Gasteiger partial charge on any atom is 0.0362 e. The second-order valence-corrected chi connectivity index (χ2v) is 4.97. The van der Waals surface area contributed by atoms with Crippen LogP contribution in [0, 0.1) is 11.8 Å². The molecular formula is C11H22N2. The van der Waals surface area contributed by atoms with E-state index < -0.39 is 0 Å². The van der Waals surface area contributed by atoms with Gasteiger partial charge in [0.2, 0.25) is 0 Å². The van der Waals surface area contributed by atoms with E-state index in [9.17, 15) is 0 Å². The van der Waals surface area contributed by atoms with E-state index in [2.05, 4.69) is 18.7 Å². The van der Waals surface area contributed by atoms with Crippen molar-refractivity contribution in [3.05, 3.63) is 0 Å². The Labute approximate surface area is 81.5 Å². The summed E-state index contributed by atoms with van der Waals surface area (Å²) in [7, 11) is 0. The Kier molecular flexibility index (Phi) is 2.37. The van der Waals surface area contributed by atoms with Crippen molar-refractivity contribution in [2.45, 2.75) is 38.6 Å². The molecule has 1 aliphatic carbocycles. The third-order valence-corrected chi connectivity index (χ3v) is 4.47. The van der Waals surface area contributed by atoms with Gasteiger partial charge < -0.3 is 5.73 Å². The summed E-state index contributed by atoms with van der Waals surface area (Å²) in [6, 6.07) is 0. The molecule has 2 aliphatic rings. The Bertz CT molecular complexity index is 187. The molecule has 2 fully saturated rings. The first-order valence-corrected chi connectivity index (χ1v) is 5.66. The summed E-state index contributed by atoms with van der Waals surface area (Å²) in [6.07, 6.45) is 4.08. The number of likely N-dealkylation sites (tertiary alicyclic amines) is 1. The van der Waals surface area contributed by atoms with Crippen LogP contribution in [0.2, 0.25) is 0 Å². The number of hydrogen-bond donors (Lipinski definition) is 1. The van der Waals surface area contributed by atoms with E-state index in [1.165, 1.54) is 32.4 Å². The van der Waals surface area contributed by atoms with Gasteiger partial charge in [0.15, 0.2) is 0 Å². The predicted octanol–water partition coefficient (Wildman–Crippen LogP) is 1.46. The molecule has 0 aromatic heterocycles. The largest absolute Gasteiger partial charge is 0.329 e. The first kappa shape index (κ1) is 9.47. The van der Waals surface area contributed by atoms with Crippen molar-refractivity contribution in [1.29, 1.82) is 0 Å². The number of rotatable bonds is 2. The highest BCUT2D eigenvalue weighted by atomic mass is 15.2. The number of nitrogens with two attached hydrogens (primary N) is 1. The summed E-state index contributed by atoms with van der Waals surface area (Å²) in [5, 5.41) is 0. The lowest BCUT2D eigenvalue weighted by molar-refractivity contribution is -0.0589. The molecule has 0 bridgehead atoms. The highest BCUT2D eigenvalue weighted by Gasteiger charge is 2.52. The zero-order valence-corrected chi connectivity index (χ0v) is 8.92. The van der Waals surface area contributed by atoms with Gasteiger partial charge in [-0.3, -0.25) is 4.90 Å². The van der Waals surface area contributed by atoms with Gasteiger partial charge in [-0.1, -0.05) is 13.8 Å². The fourth-order valence-electron chi connectivity index (χ4n) is 3.27. The lowest BCUT2D eigenvalue weighted by atomic mass is 9.59. The van der Waals surface area contributed by atoms with Crippen molar-refractivity contribution in [2.75, 3.05) is 19.6 Å². The minimum atomic E-state index is 0.385. The molecule has 0 spiro atoms. The van der Waals surface area contributed by atoms with Crippen LogP contribution in [-0.4, -0.2) is 30.1 Å². The molecule has 2 N–H and O–H groups in total. The number of hydrogen-bond acceptors (Lipinski definition) is 2. The van der Waals surface area contributed by atoms with Crippen LogP contribution in [0.3, 0.4) is 0 Å². The van der Waals surface area contributed by atoms with Crippen LogP contribution in [0.25, 0.3) is 0 Å². The SMILES string of the molecule is CC1CC(CN)(N2CCCC2)C1C. The molecule has 1 saturated heterocycles. The van der Waals surface area contributed by atoms with Crippen molar-refractivity contribution in [3.8, 4) is 0 Å². The summed E-state index contributed by atoms with van der Waals surface area (Å²) >= 11 is 0. The van der Waals surface area contributed by atoms with Gasteiger partial charge in [-0.25, -0.2) is 0 Å². The lowest BCUT2D eigenvalue weighted by Gasteiger charge is -2.57. The van der Waals surface area contributed by atoms with Crippen molar-refractivity contribution in [1.82, 2.24) is 4.90 Å². The molecule has 2 heteroatoms. The molecule has 1 aliphatic heterocycles. The smallest absolute Gasteiger partial charge is 0.0362 e. The maximum absolute atomic E-state index is 5.96. The Morgan fingerprint density at radius 2 is 1.92 bits per heavy atom. The van der Waals surface area contributed by atoms with E-state index in [-0.39, 0.29) is 0 Å². The topological polar surface area (TPSA) is 29.3 Å². The maximum atomic E-state index is 5.96. The van der Waals surface area contributed by atoms with Crippen molar-refractivity contribution >= 4 is 0 Å². The molecule has 3 atom stereocenters. The zero-order chi connectivity index (χ0) is 9.47. The molecule has 2 nitrogen and oxygen atoms in total. The standard InChI is InChI=1S/C11H22N2/c1-9-7-11(8-12,10(9)2)13-5-3-4-6-13/h9-10H,3-8,12H2,1-2H3. The van der Waals surface area contributed by atoms with Crippen LogP contribution in [0.5, 0.6) is 0 Å². The highest BCUT2D eigenvalue weighted by molar-refractivity contribution is 5.07. The van der Waals surface area contributed by atoms with E-state index in [0.717, 1.165) is 18.4 Å². The quantitative estimate of drug-likeness (QED) is 0.700. The Morgan fingerprint density at radius 3 is 2.31 bits per heavy atom. The van der Waals surface area contributed by atoms with Crippen molar-refractivity contribution < 1.29 is 0 Å². The molecular weight excluding hydrogens is 160 g/mol. The minimum Gasteiger partial charge on any atom is -0.329 e. The van der Waals surface area contributed by atoms with Crippen LogP contribution in [0.4, 0.5) is 0 Å². The average molecular weight is 182 g/mol. The highest BCUT2D eigenvalue weighted by Crippen LogP contribution is 2.47. The Morgan fingerprint density at radius 1 is 1.31 bits per heavy atom. The third-order valence-electron chi connectivity index (χ3n) is 4.47. The van der Waals surface area contributed by atoms with Crippen LogP contribution >= 0.6 is 0 Å². The van der Waals surface area contributed by atoms with Gasteiger partial charge in [0, 0.05) is 12.1 Å². The summed E-state index contributed by atoms with van der Waals surface area (Å²) in [4.78, 5) is 2.65. The van der Waals surface area contributed by atoms with Crippen LogP contribution in [0.15, 0.2) is 0 Å². The summed E-state index contributed by atoms with van der Waals surface area (Å²) in [5.41, 5.74) is 6.34. The Balaban J connectivity index is 2.07. The predicted molar refractivity (Wildman–Crippen MR) is 55.5 cm³/mol. The van der Waals surface area contributed by atoms with Gasteiger partial charge in [0.05, 0.1) is 0 Å².